The molecule has 7 heteroatoms. The number of hydrogen-bond donors (Lipinski definition) is 2. The molecule has 1 saturated heterocycles. The second-order valence-corrected chi connectivity index (χ2v) is 8.04. The van der Waals surface area contributed by atoms with Gasteiger partial charge in [0.05, 0.1) is 16.3 Å². The summed E-state index contributed by atoms with van der Waals surface area (Å²) in [5.74, 6) is 2.22. The monoisotopic (exact) mass is 301 g/mol. The molecule has 1 aromatic carbocycles. The number of nitrogens with one attached hydrogen (secondary N) is 1. The minimum Gasteiger partial charge on any atom is -0.397 e. The summed E-state index contributed by atoms with van der Waals surface area (Å²) in [5, 5.41) is 3.36. The molecule has 0 amide bonds. The second-order valence-electron chi connectivity index (χ2n) is 4.74. The highest BCUT2D eigenvalue weighted by Gasteiger charge is 2.20. The van der Waals surface area contributed by atoms with E-state index in [0.29, 0.717) is 11.7 Å². The van der Waals surface area contributed by atoms with Crippen molar-refractivity contribution in [2.45, 2.75) is 17.4 Å². The van der Waals surface area contributed by atoms with Crippen LogP contribution in [0.4, 0.5) is 11.4 Å². The zero-order valence-corrected chi connectivity index (χ0v) is 12.7. The number of nitrogens with zero attached hydrogens (tertiary/aromatic N) is 1. The van der Waals surface area contributed by atoms with Crippen LogP contribution in [-0.2, 0) is 10.0 Å². The van der Waals surface area contributed by atoms with Crippen molar-refractivity contribution in [1.29, 1.82) is 0 Å². The maximum atomic E-state index is 12.0. The zero-order valence-electron chi connectivity index (χ0n) is 11.1. The highest BCUT2D eigenvalue weighted by atomic mass is 32.2. The molecule has 5 nitrogen and oxygen atoms in total. The summed E-state index contributed by atoms with van der Waals surface area (Å²) in [4.78, 5) is 0.223. The van der Waals surface area contributed by atoms with Crippen molar-refractivity contribution in [2.75, 3.05) is 36.7 Å². The van der Waals surface area contributed by atoms with Crippen molar-refractivity contribution in [3.05, 3.63) is 18.2 Å². The van der Waals surface area contributed by atoms with Crippen LogP contribution >= 0.6 is 11.8 Å². The van der Waals surface area contributed by atoms with Gasteiger partial charge in [-0.25, -0.2) is 12.7 Å². The summed E-state index contributed by atoms with van der Waals surface area (Å²) < 4.78 is 25.2. The van der Waals surface area contributed by atoms with Gasteiger partial charge in [0.15, 0.2) is 0 Å². The van der Waals surface area contributed by atoms with Crippen LogP contribution in [0.5, 0.6) is 0 Å². The molecule has 1 aromatic rings. The second kappa shape index (κ2) is 5.60. The zero-order chi connectivity index (χ0) is 14.0. The van der Waals surface area contributed by atoms with E-state index in [4.69, 9.17) is 5.73 Å². The molecule has 19 heavy (non-hydrogen) atoms. The third-order valence-corrected chi connectivity index (χ3v) is 6.06. The summed E-state index contributed by atoms with van der Waals surface area (Å²) in [7, 11) is -0.407. The Bertz CT molecular complexity index is 552. The fourth-order valence-corrected chi connectivity index (χ4v) is 4.00. The Balaban J connectivity index is 2.22. The van der Waals surface area contributed by atoms with E-state index in [1.165, 1.54) is 24.5 Å². The standard InChI is InChI=1S/C12H19N3O2S2/c1-15(2)19(16,17)10-3-4-12(11(13)7-10)14-9-5-6-18-8-9/h3-4,7,9,14H,5-6,8,13H2,1-2H3. The van der Waals surface area contributed by atoms with Gasteiger partial charge in [-0.15, -0.1) is 0 Å². The Morgan fingerprint density at radius 1 is 1.42 bits per heavy atom. The molecular weight excluding hydrogens is 282 g/mol. The molecule has 0 spiro atoms. The molecule has 1 unspecified atom stereocenters. The highest BCUT2D eigenvalue weighted by Crippen LogP contribution is 2.27. The molecule has 1 aliphatic rings. The van der Waals surface area contributed by atoms with Gasteiger partial charge in [-0.2, -0.15) is 11.8 Å². The predicted molar refractivity (Wildman–Crippen MR) is 81.1 cm³/mol. The number of thioether (sulfide) groups is 1. The minimum atomic E-state index is -3.42. The van der Waals surface area contributed by atoms with Gasteiger partial charge in [0.2, 0.25) is 10.0 Å². The largest absolute Gasteiger partial charge is 0.397 e. The van der Waals surface area contributed by atoms with Crippen molar-refractivity contribution >= 4 is 33.2 Å². The molecule has 3 N–H and O–H groups in total. The van der Waals surface area contributed by atoms with E-state index in [1.54, 1.807) is 12.1 Å². The molecule has 1 aliphatic heterocycles. The van der Waals surface area contributed by atoms with Gasteiger partial charge in [0, 0.05) is 25.9 Å². The fourth-order valence-electron chi connectivity index (χ4n) is 1.91. The average molecular weight is 301 g/mol. The first kappa shape index (κ1) is 14.5. The first-order valence-electron chi connectivity index (χ1n) is 6.07. The van der Waals surface area contributed by atoms with Crippen LogP contribution in [0.2, 0.25) is 0 Å². The smallest absolute Gasteiger partial charge is 0.242 e. The molecule has 0 bridgehead atoms. The van der Waals surface area contributed by atoms with Crippen molar-refractivity contribution in [1.82, 2.24) is 4.31 Å². The Morgan fingerprint density at radius 2 is 2.16 bits per heavy atom. The van der Waals surface area contributed by atoms with E-state index in [1.807, 2.05) is 11.8 Å². The maximum absolute atomic E-state index is 12.0. The summed E-state index contributed by atoms with van der Waals surface area (Å²) in [5.41, 5.74) is 7.23. The van der Waals surface area contributed by atoms with Crippen LogP contribution in [0.15, 0.2) is 23.1 Å². The van der Waals surface area contributed by atoms with Crippen molar-refractivity contribution in [3.63, 3.8) is 0 Å². The Labute approximate surface area is 118 Å². The van der Waals surface area contributed by atoms with E-state index >= 15 is 0 Å². The number of sulfonamides is 1. The fraction of sp³-hybridized carbons (Fsp3) is 0.500. The number of nitrogen functional groups attached to an aromatic ring is 1. The number of nitrogens with two attached hydrogens (primary N) is 1. The normalized spacial score (nSPS) is 19.8. The van der Waals surface area contributed by atoms with Crippen LogP contribution in [0.3, 0.4) is 0 Å². The van der Waals surface area contributed by atoms with E-state index in [2.05, 4.69) is 5.32 Å². The van der Waals surface area contributed by atoms with Crippen LogP contribution in [0.25, 0.3) is 0 Å². The van der Waals surface area contributed by atoms with Crippen molar-refractivity contribution < 1.29 is 8.42 Å². The van der Waals surface area contributed by atoms with E-state index in [9.17, 15) is 8.42 Å². The van der Waals surface area contributed by atoms with Gasteiger partial charge in [-0.3, -0.25) is 0 Å². The molecule has 0 saturated carbocycles. The minimum absolute atomic E-state index is 0.223. The lowest BCUT2D eigenvalue weighted by molar-refractivity contribution is 0.521. The molecule has 1 heterocycles. The van der Waals surface area contributed by atoms with Gasteiger partial charge >= 0.3 is 0 Å². The molecule has 1 fully saturated rings. The number of rotatable bonds is 4. The lowest BCUT2D eigenvalue weighted by atomic mass is 10.2. The lowest BCUT2D eigenvalue weighted by Gasteiger charge is -2.17. The molecular formula is C12H19N3O2S2. The van der Waals surface area contributed by atoms with Crippen molar-refractivity contribution in [2.24, 2.45) is 0 Å². The van der Waals surface area contributed by atoms with Crippen LogP contribution in [0.1, 0.15) is 6.42 Å². The maximum Gasteiger partial charge on any atom is 0.242 e. The Morgan fingerprint density at radius 3 is 2.68 bits per heavy atom. The van der Waals surface area contributed by atoms with Gasteiger partial charge < -0.3 is 11.1 Å². The molecule has 0 radical (unpaired) electrons. The number of hydrogen-bond acceptors (Lipinski definition) is 5. The van der Waals surface area contributed by atoms with Crippen LogP contribution in [0, 0.1) is 0 Å². The molecule has 2 rings (SSSR count). The molecule has 0 aliphatic carbocycles. The topological polar surface area (TPSA) is 75.4 Å². The molecule has 106 valence electrons. The Hall–Kier alpha value is -0.920. The third kappa shape index (κ3) is 3.16. The quantitative estimate of drug-likeness (QED) is 0.823. The Kier molecular flexibility index (Phi) is 4.27. The molecule has 1 atom stereocenters. The average Bonchev–Trinajstić information content (AvgIpc) is 2.84. The lowest BCUT2D eigenvalue weighted by Crippen LogP contribution is -2.23. The van der Waals surface area contributed by atoms with Gasteiger partial charge in [0.1, 0.15) is 0 Å². The summed E-state index contributed by atoms with van der Waals surface area (Å²) >= 11 is 1.91. The van der Waals surface area contributed by atoms with Gasteiger partial charge in [0.25, 0.3) is 0 Å². The van der Waals surface area contributed by atoms with Crippen molar-refractivity contribution in [3.8, 4) is 0 Å². The highest BCUT2D eigenvalue weighted by molar-refractivity contribution is 7.99. The summed E-state index contributed by atoms with van der Waals surface area (Å²) in [6.07, 6.45) is 1.11. The first-order chi connectivity index (χ1) is 8.91. The summed E-state index contributed by atoms with van der Waals surface area (Å²) in [6, 6.07) is 5.27. The number of anilines is 2. The third-order valence-electron chi connectivity index (χ3n) is 3.09. The van der Waals surface area contributed by atoms with E-state index < -0.39 is 10.0 Å². The van der Waals surface area contributed by atoms with E-state index in [-0.39, 0.29) is 4.90 Å². The summed E-state index contributed by atoms with van der Waals surface area (Å²) in [6.45, 7) is 0. The number of benzene rings is 1. The van der Waals surface area contributed by atoms with Crippen LogP contribution < -0.4 is 11.1 Å². The SMILES string of the molecule is CN(C)S(=O)(=O)c1ccc(NC2CCSC2)c(N)c1. The van der Waals surface area contributed by atoms with Gasteiger partial charge in [-0.1, -0.05) is 0 Å². The van der Waals surface area contributed by atoms with Gasteiger partial charge in [-0.05, 0) is 30.4 Å². The first-order valence-corrected chi connectivity index (χ1v) is 8.67. The van der Waals surface area contributed by atoms with E-state index in [0.717, 1.165) is 23.6 Å². The van der Waals surface area contributed by atoms with Crippen LogP contribution in [-0.4, -0.2) is 44.4 Å². The predicted octanol–water partition coefficient (Wildman–Crippen LogP) is 1.44. The molecule has 0 aromatic heterocycles.